The first-order valence-electron chi connectivity index (χ1n) is 3.84. The third kappa shape index (κ3) is 0.872. The first-order valence-corrected chi connectivity index (χ1v) is 3.84. The molecule has 0 aromatic carbocycles. The molecule has 2 saturated heterocycles. The summed E-state index contributed by atoms with van der Waals surface area (Å²) in [6, 6.07) is 0. The fourth-order valence-corrected chi connectivity index (χ4v) is 1.92. The zero-order chi connectivity index (χ0) is 8.28. The van der Waals surface area contributed by atoms with Crippen LogP contribution in [0.3, 0.4) is 0 Å². The molecule has 0 aromatic heterocycles. The number of esters is 1. The van der Waals surface area contributed by atoms with Crippen molar-refractivity contribution in [3.8, 4) is 0 Å². The Morgan fingerprint density at radius 2 is 2.09 bits per heavy atom. The van der Waals surface area contributed by atoms with Crippen LogP contribution in [0.5, 0.6) is 0 Å². The summed E-state index contributed by atoms with van der Waals surface area (Å²) in [5.41, 5.74) is -0.650. The number of epoxide rings is 1. The Bertz CT molecular complexity index is 221. The minimum atomic E-state index is -0.427. The zero-order valence-corrected chi connectivity index (χ0v) is 7.01. The van der Waals surface area contributed by atoms with E-state index in [2.05, 4.69) is 0 Å². The summed E-state index contributed by atoms with van der Waals surface area (Å²) in [5.74, 6) is -0.147. The molecular weight excluding hydrogens is 144 g/mol. The lowest BCUT2D eigenvalue weighted by Crippen LogP contribution is -2.43. The molecule has 0 spiro atoms. The van der Waals surface area contributed by atoms with E-state index in [9.17, 15) is 4.79 Å². The Morgan fingerprint density at radius 3 is 2.64 bits per heavy atom. The van der Waals surface area contributed by atoms with Gasteiger partial charge in [-0.25, -0.2) is 0 Å². The second-order valence-corrected chi connectivity index (χ2v) is 4.06. The second kappa shape index (κ2) is 1.61. The number of fused-ring (bicyclic) bond motifs is 1. The third-order valence-corrected chi connectivity index (χ3v) is 2.39. The van der Waals surface area contributed by atoms with Crippen molar-refractivity contribution in [2.24, 2.45) is 0 Å². The highest BCUT2D eigenvalue weighted by Gasteiger charge is 2.65. The van der Waals surface area contributed by atoms with Crippen LogP contribution in [-0.4, -0.2) is 23.3 Å². The molecule has 2 aliphatic rings. The van der Waals surface area contributed by atoms with Crippen molar-refractivity contribution >= 4 is 5.97 Å². The van der Waals surface area contributed by atoms with Crippen molar-refractivity contribution in [3.05, 3.63) is 0 Å². The van der Waals surface area contributed by atoms with Crippen LogP contribution < -0.4 is 0 Å². The monoisotopic (exact) mass is 156 g/mol. The van der Waals surface area contributed by atoms with Crippen LogP contribution in [0.2, 0.25) is 0 Å². The highest BCUT2D eigenvalue weighted by Crippen LogP contribution is 2.50. The van der Waals surface area contributed by atoms with Crippen LogP contribution in [0.15, 0.2) is 0 Å². The predicted octanol–water partition coefficient (Wildman–Crippen LogP) is 0.869. The summed E-state index contributed by atoms with van der Waals surface area (Å²) in [6.07, 6.45) is 0.508. The molecule has 0 N–H and O–H groups in total. The van der Waals surface area contributed by atoms with Crippen LogP contribution in [0, 0.1) is 0 Å². The molecule has 2 rings (SSSR count). The van der Waals surface area contributed by atoms with E-state index in [4.69, 9.17) is 9.47 Å². The molecule has 0 radical (unpaired) electrons. The Kier molecular flexibility index (Phi) is 1.04. The number of ether oxygens (including phenoxy) is 2. The van der Waals surface area contributed by atoms with Gasteiger partial charge in [0.25, 0.3) is 0 Å². The molecule has 0 bridgehead atoms. The Morgan fingerprint density at radius 1 is 1.45 bits per heavy atom. The quantitative estimate of drug-likeness (QED) is 0.386. The first-order chi connectivity index (χ1) is 4.94. The van der Waals surface area contributed by atoms with Crippen LogP contribution >= 0.6 is 0 Å². The van der Waals surface area contributed by atoms with Gasteiger partial charge in [-0.15, -0.1) is 0 Å². The molecule has 11 heavy (non-hydrogen) atoms. The Labute approximate surface area is 65.7 Å². The fourth-order valence-electron chi connectivity index (χ4n) is 1.92. The maximum atomic E-state index is 11.0. The molecule has 62 valence electrons. The number of hydrogen-bond donors (Lipinski definition) is 0. The van der Waals surface area contributed by atoms with Gasteiger partial charge in [0.2, 0.25) is 0 Å². The van der Waals surface area contributed by atoms with Crippen molar-refractivity contribution in [2.45, 2.75) is 44.5 Å². The largest absolute Gasteiger partial charge is 0.457 e. The zero-order valence-electron chi connectivity index (χ0n) is 7.01. The fraction of sp³-hybridized carbons (Fsp3) is 0.875. The average molecular weight is 156 g/mol. The SMILES string of the molecule is CC1(C)OC(=O)C[C@@]2(C)O[C@@H]12. The van der Waals surface area contributed by atoms with Crippen molar-refractivity contribution in [2.75, 3.05) is 0 Å². The van der Waals surface area contributed by atoms with Gasteiger partial charge in [-0.2, -0.15) is 0 Å². The molecule has 0 aliphatic carbocycles. The number of carbonyl (C=O) groups is 1. The lowest BCUT2D eigenvalue weighted by Gasteiger charge is -2.28. The van der Waals surface area contributed by atoms with Crippen molar-refractivity contribution in [1.82, 2.24) is 0 Å². The van der Waals surface area contributed by atoms with Gasteiger partial charge >= 0.3 is 5.97 Å². The lowest BCUT2D eigenvalue weighted by molar-refractivity contribution is -0.161. The second-order valence-electron chi connectivity index (χ2n) is 4.06. The van der Waals surface area contributed by atoms with Crippen LogP contribution in [-0.2, 0) is 14.3 Å². The maximum Gasteiger partial charge on any atom is 0.309 e. The van der Waals surface area contributed by atoms with Crippen LogP contribution in [0.4, 0.5) is 0 Å². The van der Waals surface area contributed by atoms with Gasteiger partial charge in [-0.05, 0) is 20.8 Å². The maximum absolute atomic E-state index is 11.0. The smallest absolute Gasteiger partial charge is 0.309 e. The molecule has 0 unspecified atom stereocenters. The molecule has 2 atom stereocenters. The minimum Gasteiger partial charge on any atom is -0.457 e. The van der Waals surface area contributed by atoms with Gasteiger partial charge in [-0.3, -0.25) is 4.79 Å². The lowest BCUT2D eigenvalue weighted by atomic mass is 9.90. The minimum absolute atomic E-state index is 0.104. The number of cyclic esters (lactones) is 1. The van der Waals surface area contributed by atoms with Gasteiger partial charge in [0, 0.05) is 0 Å². The molecule has 2 fully saturated rings. The van der Waals surface area contributed by atoms with Crippen LogP contribution in [0.25, 0.3) is 0 Å². The summed E-state index contributed by atoms with van der Waals surface area (Å²) in [5, 5.41) is 0. The summed E-state index contributed by atoms with van der Waals surface area (Å²) < 4.78 is 10.5. The third-order valence-electron chi connectivity index (χ3n) is 2.39. The molecule has 2 aliphatic heterocycles. The Balaban J connectivity index is 2.24. The van der Waals surface area contributed by atoms with E-state index in [1.54, 1.807) is 0 Å². The van der Waals surface area contributed by atoms with Gasteiger partial charge in [0.1, 0.15) is 17.3 Å². The standard InChI is InChI=1S/C8H12O3/c1-7(2)6-8(3,11-6)4-5(9)10-7/h6H,4H2,1-3H3/t6-,8+/m0/s1. The molecule has 3 heteroatoms. The Hall–Kier alpha value is -0.570. The van der Waals surface area contributed by atoms with E-state index in [-0.39, 0.29) is 17.7 Å². The normalized spacial score (nSPS) is 46.1. The van der Waals surface area contributed by atoms with Crippen molar-refractivity contribution in [1.29, 1.82) is 0 Å². The average Bonchev–Trinajstić information content (AvgIpc) is 2.37. The summed E-state index contributed by atoms with van der Waals surface area (Å²) in [4.78, 5) is 11.0. The molecular formula is C8H12O3. The van der Waals surface area contributed by atoms with E-state index in [1.165, 1.54) is 0 Å². The molecule has 2 heterocycles. The highest BCUT2D eigenvalue weighted by molar-refractivity contribution is 5.73. The summed E-state index contributed by atoms with van der Waals surface area (Å²) in [7, 11) is 0. The molecule has 3 nitrogen and oxygen atoms in total. The van der Waals surface area contributed by atoms with Crippen molar-refractivity contribution < 1.29 is 14.3 Å². The van der Waals surface area contributed by atoms with Crippen LogP contribution in [0.1, 0.15) is 27.2 Å². The van der Waals surface area contributed by atoms with Gasteiger partial charge < -0.3 is 9.47 Å². The highest BCUT2D eigenvalue weighted by atomic mass is 16.7. The topological polar surface area (TPSA) is 38.8 Å². The summed E-state index contributed by atoms with van der Waals surface area (Å²) in [6.45, 7) is 5.74. The van der Waals surface area contributed by atoms with E-state index in [0.29, 0.717) is 6.42 Å². The molecule has 0 amide bonds. The van der Waals surface area contributed by atoms with Gasteiger partial charge in [-0.1, -0.05) is 0 Å². The van der Waals surface area contributed by atoms with Crippen molar-refractivity contribution in [3.63, 3.8) is 0 Å². The van der Waals surface area contributed by atoms with E-state index >= 15 is 0 Å². The molecule has 0 saturated carbocycles. The van der Waals surface area contributed by atoms with E-state index < -0.39 is 5.60 Å². The molecule has 0 aromatic rings. The first kappa shape index (κ1) is 7.10. The van der Waals surface area contributed by atoms with E-state index in [0.717, 1.165) is 0 Å². The summed E-state index contributed by atoms with van der Waals surface area (Å²) >= 11 is 0. The predicted molar refractivity (Wildman–Crippen MR) is 38.1 cm³/mol. The van der Waals surface area contributed by atoms with E-state index in [1.807, 2.05) is 20.8 Å². The van der Waals surface area contributed by atoms with Gasteiger partial charge in [0.05, 0.1) is 6.42 Å². The number of rotatable bonds is 0. The van der Waals surface area contributed by atoms with Gasteiger partial charge in [0.15, 0.2) is 0 Å². The number of hydrogen-bond acceptors (Lipinski definition) is 3. The number of carbonyl (C=O) groups excluding carboxylic acids is 1.